The molecule has 3 aromatic carbocycles. The number of hydrogen-bond acceptors (Lipinski definition) is 5. The van der Waals surface area contributed by atoms with Crippen LogP contribution >= 0.6 is 23.2 Å². The van der Waals surface area contributed by atoms with Crippen molar-refractivity contribution in [3.63, 3.8) is 0 Å². The minimum atomic E-state index is -1.01. The van der Waals surface area contributed by atoms with Crippen LogP contribution in [0, 0.1) is 6.92 Å². The van der Waals surface area contributed by atoms with Crippen LogP contribution in [0.2, 0.25) is 10.0 Å². The van der Waals surface area contributed by atoms with E-state index in [1.54, 1.807) is 55.5 Å². The largest absolute Gasteiger partial charge is 0.507 e. The summed E-state index contributed by atoms with van der Waals surface area (Å²) < 4.78 is 5.37. The molecule has 8 heteroatoms. The number of methoxy groups -OCH3 is 1. The van der Waals surface area contributed by atoms with E-state index in [4.69, 9.17) is 27.9 Å². The second-order valence-corrected chi connectivity index (χ2v) is 8.36. The van der Waals surface area contributed by atoms with Crippen LogP contribution in [0.5, 0.6) is 11.5 Å². The van der Waals surface area contributed by atoms with Crippen LogP contribution in [0.4, 0.5) is 5.69 Å². The number of ketones is 1. The highest BCUT2D eigenvalue weighted by atomic mass is 35.5. The van der Waals surface area contributed by atoms with Crippen LogP contribution in [0.3, 0.4) is 0 Å². The van der Waals surface area contributed by atoms with E-state index in [9.17, 15) is 19.8 Å². The predicted octanol–water partition coefficient (Wildman–Crippen LogP) is 5.64. The summed E-state index contributed by atoms with van der Waals surface area (Å²) in [4.78, 5) is 27.7. The Balaban J connectivity index is 2.02. The second-order valence-electron chi connectivity index (χ2n) is 7.54. The molecule has 1 aliphatic rings. The molecule has 0 aliphatic carbocycles. The maximum atomic E-state index is 13.2. The van der Waals surface area contributed by atoms with Crippen molar-refractivity contribution in [2.45, 2.75) is 13.0 Å². The molecule has 3 aromatic rings. The van der Waals surface area contributed by atoms with Gasteiger partial charge in [0.2, 0.25) is 0 Å². The Morgan fingerprint density at radius 2 is 1.70 bits per heavy atom. The van der Waals surface area contributed by atoms with E-state index in [0.717, 1.165) is 5.56 Å². The number of phenolic OH excluding ortho intramolecular Hbond substituents is 1. The van der Waals surface area contributed by atoms with Crippen molar-refractivity contribution >= 4 is 46.3 Å². The van der Waals surface area contributed by atoms with Crippen LogP contribution in [-0.4, -0.2) is 29.0 Å². The molecule has 0 bridgehead atoms. The van der Waals surface area contributed by atoms with Gasteiger partial charge in [-0.05, 0) is 54.4 Å². The molecule has 168 valence electrons. The third kappa shape index (κ3) is 3.92. The second kappa shape index (κ2) is 8.81. The van der Waals surface area contributed by atoms with Crippen molar-refractivity contribution in [1.82, 2.24) is 0 Å². The average molecular weight is 484 g/mol. The van der Waals surface area contributed by atoms with Gasteiger partial charge in [0.15, 0.2) is 0 Å². The molecular formula is C25H19Cl2NO5. The highest BCUT2D eigenvalue weighted by Gasteiger charge is 2.47. The Morgan fingerprint density at radius 1 is 1.00 bits per heavy atom. The van der Waals surface area contributed by atoms with Crippen molar-refractivity contribution in [2.24, 2.45) is 0 Å². The summed E-state index contributed by atoms with van der Waals surface area (Å²) in [6.07, 6.45) is 0. The third-order valence-electron chi connectivity index (χ3n) is 5.41. The van der Waals surface area contributed by atoms with Gasteiger partial charge in [-0.1, -0.05) is 47.5 Å². The normalized spacial score (nSPS) is 17.5. The molecule has 0 radical (unpaired) electrons. The molecule has 1 atom stereocenters. The summed E-state index contributed by atoms with van der Waals surface area (Å²) >= 11 is 12.4. The maximum absolute atomic E-state index is 13.2. The number of aromatic hydroxyl groups is 1. The molecule has 1 heterocycles. The van der Waals surface area contributed by atoms with Gasteiger partial charge in [-0.3, -0.25) is 14.5 Å². The molecule has 1 saturated heterocycles. The van der Waals surface area contributed by atoms with Crippen molar-refractivity contribution in [2.75, 3.05) is 12.0 Å². The van der Waals surface area contributed by atoms with Gasteiger partial charge in [-0.15, -0.1) is 0 Å². The van der Waals surface area contributed by atoms with Crippen molar-refractivity contribution in [1.29, 1.82) is 0 Å². The van der Waals surface area contributed by atoms with Gasteiger partial charge in [0.25, 0.3) is 11.7 Å². The Bertz CT molecular complexity index is 1300. The van der Waals surface area contributed by atoms with Gasteiger partial charge in [0.1, 0.15) is 17.3 Å². The Hall–Kier alpha value is -3.48. The van der Waals surface area contributed by atoms with Crippen LogP contribution in [0.25, 0.3) is 5.76 Å². The van der Waals surface area contributed by atoms with Gasteiger partial charge in [-0.25, -0.2) is 0 Å². The zero-order chi connectivity index (χ0) is 23.9. The van der Waals surface area contributed by atoms with Crippen molar-refractivity contribution < 1.29 is 24.5 Å². The summed E-state index contributed by atoms with van der Waals surface area (Å²) in [6, 6.07) is 15.3. The van der Waals surface area contributed by atoms with E-state index in [1.165, 1.54) is 24.1 Å². The predicted molar refractivity (Wildman–Crippen MR) is 127 cm³/mol. The monoisotopic (exact) mass is 483 g/mol. The average Bonchev–Trinajstić information content (AvgIpc) is 3.06. The molecular weight excluding hydrogens is 465 g/mol. The fourth-order valence-electron chi connectivity index (χ4n) is 3.95. The quantitative estimate of drug-likeness (QED) is 0.284. The number of hydrogen-bond donors (Lipinski definition) is 2. The number of anilines is 1. The molecule has 2 N–H and O–H groups in total. The molecule has 0 aromatic heterocycles. The smallest absolute Gasteiger partial charge is 0.300 e. The van der Waals surface area contributed by atoms with E-state index in [0.29, 0.717) is 11.3 Å². The Morgan fingerprint density at radius 3 is 2.33 bits per heavy atom. The molecule has 1 amide bonds. The van der Waals surface area contributed by atoms with Crippen molar-refractivity contribution in [3.8, 4) is 11.5 Å². The first-order chi connectivity index (χ1) is 15.7. The molecule has 33 heavy (non-hydrogen) atoms. The summed E-state index contributed by atoms with van der Waals surface area (Å²) in [5, 5.41) is 21.5. The number of phenols is 1. The number of para-hydroxylation sites is 1. The lowest BCUT2D eigenvalue weighted by atomic mass is 9.94. The third-order valence-corrected chi connectivity index (χ3v) is 6.00. The maximum Gasteiger partial charge on any atom is 0.300 e. The number of Topliss-reactive ketones (excluding diaryl/α,β-unsaturated/α-hetero) is 1. The molecule has 6 nitrogen and oxygen atoms in total. The minimum absolute atomic E-state index is 0.0438. The van der Waals surface area contributed by atoms with Crippen molar-refractivity contribution in [3.05, 3.63) is 93.0 Å². The lowest BCUT2D eigenvalue weighted by Gasteiger charge is -2.26. The fraction of sp³-hybridized carbons (Fsp3) is 0.120. The van der Waals surface area contributed by atoms with Gasteiger partial charge < -0.3 is 14.9 Å². The Labute approximate surface area is 200 Å². The molecule has 1 fully saturated rings. The fourth-order valence-corrected chi connectivity index (χ4v) is 4.49. The standard InChI is InChI=1S/C25H19Cl2NO5/c1-13-10-16(24(33-2)18(27)11-13)22(30)20-21(14-8-9-19(29)17(26)12-14)28(25(32)23(20)31)15-6-4-3-5-7-15/h3-12,21,29-30H,1-2H3/b22-20+. The first-order valence-corrected chi connectivity index (χ1v) is 10.7. The van der Waals surface area contributed by atoms with Gasteiger partial charge in [0.05, 0.1) is 34.3 Å². The summed E-state index contributed by atoms with van der Waals surface area (Å²) in [5.74, 6) is -2.08. The number of rotatable bonds is 4. The Kier molecular flexibility index (Phi) is 6.06. The summed E-state index contributed by atoms with van der Waals surface area (Å²) in [7, 11) is 1.40. The number of aliphatic hydroxyl groups is 1. The highest BCUT2D eigenvalue weighted by Crippen LogP contribution is 2.45. The molecule has 0 spiro atoms. The number of nitrogens with zero attached hydrogens (tertiary/aromatic N) is 1. The number of carbonyl (C=O) groups excluding carboxylic acids is 2. The molecule has 0 saturated carbocycles. The minimum Gasteiger partial charge on any atom is -0.507 e. The highest BCUT2D eigenvalue weighted by molar-refractivity contribution is 6.51. The number of aliphatic hydroxyl groups excluding tert-OH is 1. The lowest BCUT2D eigenvalue weighted by molar-refractivity contribution is -0.132. The lowest BCUT2D eigenvalue weighted by Crippen LogP contribution is -2.29. The zero-order valence-corrected chi connectivity index (χ0v) is 19.2. The number of ether oxygens (including phenoxy) is 1. The van der Waals surface area contributed by atoms with Crippen LogP contribution < -0.4 is 9.64 Å². The van der Waals surface area contributed by atoms with E-state index in [2.05, 4.69) is 0 Å². The van der Waals surface area contributed by atoms with E-state index in [1.807, 2.05) is 0 Å². The first-order valence-electron chi connectivity index (χ1n) is 9.93. The number of benzene rings is 3. The number of halogens is 2. The SMILES string of the molecule is COc1c(Cl)cc(C)cc1/C(O)=C1\C(=O)C(=O)N(c2ccccc2)C1c1ccc(O)c(Cl)c1. The van der Waals surface area contributed by atoms with E-state index in [-0.39, 0.29) is 32.7 Å². The number of amides is 1. The van der Waals surface area contributed by atoms with Gasteiger partial charge >= 0.3 is 0 Å². The zero-order valence-electron chi connectivity index (χ0n) is 17.7. The van der Waals surface area contributed by atoms with Crippen LogP contribution in [0.15, 0.2) is 66.2 Å². The topological polar surface area (TPSA) is 87.1 Å². The number of carbonyl (C=O) groups is 2. The van der Waals surface area contributed by atoms with E-state index >= 15 is 0 Å². The number of aryl methyl sites for hydroxylation is 1. The molecule has 1 unspecified atom stereocenters. The van der Waals surface area contributed by atoms with Gasteiger partial charge in [0, 0.05) is 5.69 Å². The van der Waals surface area contributed by atoms with Crippen LogP contribution in [0.1, 0.15) is 22.7 Å². The summed E-state index contributed by atoms with van der Waals surface area (Å²) in [6.45, 7) is 1.78. The van der Waals surface area contributed by atoms with Gasteiger partial charge in [-0.2, -0.15) is 0 Å². The molecule has 4 rings (SSSR count). The van der Waals surface area contributed by atoms with Crippen LogP contribution in [-0.2, 0) is 9.59 Å². The molecule has 1 aliphatic heterocycles. The van der Waals surface area contributed by atoms with E-state index < -0.39 is 23.5 Å². The first kappa shape index (κ1) is 22.7. The summed E-state index contributed by atoms with van der Waals surface area (Å²) in [5.41, 5.74) is 1.65.